The minimum atomic E-state index is -0.618. The van der Waals surface area contributed by atoms with Crippen molar-refractivity contribution in [1.82, 2.24) is 0 Å². The number of aliphatic hydroxyl groups is 1. The van der Waals surface area contributed by atoms with Crippen molar-refractivity contribution in [1.29, 1.82) is 0 Å². The molecule has 0 radical (unpaired) electrons. The van der Waals surface area contributed by atoms with E-state index >= 15 is 0 Å². The second-order valence-corrected chi connectivity index (χ2v) is 6.23. The van der Waals surface area contributed by atoms with Gasteiger partial charge in [0.05, 0.1) is 6.10 Å². The number of halogens is 1. The zero-order valence-corrected chi connectivity index (χ0v) is 11.5. The Morgan fingerprint density at radius 3 is 2.95 bits per heavy atom. The maximum atomic E-state index is 13.3. The van der Waals surface area contributed by atoms with E-state index in [4.69, 9.17) is 4.74 Å². The highest BCUT2D eigenvalue weighted by atomic mass is 19.1. The second kappa shape index (κ2) is 4.48. The minimum Gasteiger partial charge on any atom is -0.486 e. The van der Waals surface area contributed by atoms with Crippen molar-refractivity contribution in [2.75, 3.05) is 0 Å². The Bertz CT molecular complexity index is 488. The van der Waals surface area contributed by atoms with Crippen LogP contribution in [-0.2, 0) is 0 Å². The number of rotatable bonds is 0. The summed E-state index contributed by atoms with van der Waals surface area (Å²) in [5.41, 5.74) is 0.318. The van der Waals surface area contributed by atoms with Crippen molar-refractivity contribution >= 4 is 0 Å². The first kappa shape index (κ1) is 12.9. The van der Waals surface area contributed by atoms with E-state index in [1.165, 1.54) is 18.6 Å². The van der Waals surface area contributed by atoms with E-state index < -0.39 is 6.10 Å². The molecule has 3 unspecified atom stereocenters. The molecule has 19 heavy (non-hydrogen) atoms. The van der Waals surface area contributed by atoms with Crippen LogP contribution in [0, 0.1) is 17.7 Å². The van der Waals surface area contributed by atoms with Crippen LogP contribution < -0.4 is 4.74 Å². The number of hydrogen-bond donors (Lipinski definition) is 1. The van der Waals surface area contributed by atoms with Crippen LogP contribution in [0.2, 0.25) is 0 Å². The lowest BCUT2D eigenvalue weighted by molar-refractivity contribution is -0.0880. The average molecular weight is 264 g/mol. The summed E-state index contributed by atoms with van der Waals surface area (Å²) in [6, 6.07) is 4.45. The van der Waals surface area contributed by atoms with Gasteiger partial charge in [0, 0.05) is 12.0 Å². The molecule has 1 aromatic carbocycles. The Labute approximate surface area is 113 Å². The summed E-state index contributed by atoms with van der Waals surface area (Å²) in [6.07, 6.45) is 3.29. The van der Waals surface area contributed by atoms with E-state index in [0.717, 1.165) is 12.8 Å². The average Bonchev–Trinajstić information content (AvgIpc) is 2.37. The Morgan fingerprint density at radius 1 is 1.37 bits per heavy atom. The number of aliphatic hydroxyl groups excluding tert-OH is 1. The largest absolute Gasteiger partial charge is 0.486 e. The molecule has 3 rings (SSSR count). The molecule has 0 aromatic heterocycles. The fraction of sp³-hybridized carbons (Fsp3) is 0.625. The third-order valence-corrected chi connectivity index (χ3v) is 5.13. The van der Waals surface area contributed by atoms with Crippen molar-refractivity contribution in [2.45, 2.75) is 51.2 Å². The quantitative estimate of drug-likeness (QED) is 0.771. The monoisotopic (exact) mass is 264 g/mol. The highest BCUT2D eigenvalue weighted by molar-refractivity contribution is 5.38. The van der Waals surface area contributed by atoms with Gasteiger partial charge in [0.15, 0.2) is 0 Å². The molecule has 1 heterocycles. The minimum absolute atomic E-state index is 0.276. The molecule has 1 fully saturated rings. The van der Waals surface area contributed by atoms with Gasteiger partial charge in [-0.3, -0.25) is 0 Å². The summed E-state index contributed by atoms with van der Waals surface area (Å²) in [5.74, 6) is 1.35. The van der Waals surface area contributed by atoms with Crippen LogP contribution in [0.3, 0.4) is 0 Å². The van der Waals surface area contributed by atoms with Crippen molar-refractivity contribution in [3.63, 3.8) is 0 Å². The van der Waals surface area contributed by atoms with Gasteiger partial charge < -0.3 is 9.84 Å². The molecule has 2 aliphatic rings. The zero-order chi connectivity index (χ0) is 13.6. The predicted molar refractivity (Wildman–Crippen MR) is 71.5 cm³/mol. The molecule has 0 saturated heterocycles. The van der Waals surface area contributed by atoms with Gasteiger partial charge in [0.1, 0.15) is 17.2 Å². The fourth-order valence-corrected chi connectivity index (χ4v) is 3.72. The van der Waals surface area contributed by atoms with Gasteiger partial charge in [-0.15, -0.1) is 0 Å². The molecule has 2 nitrogen and oxygen atoms in total. The lowest BCUT2D eigenvalue weighted by Crippen LogP contribution is -2.51. The molecule has 4 atom stereocenters. The van der Waals surface area contributed by atoms with Gasteiger partial charge in [-0.1, -0.05) is 20.3 Å². The molecular weight excluding hydrogens is 243 g/mol. The van der Waals surface area contributed by atoms with E-state index in [9.17, 15) is 9.50 Å². The Hall–Kier alpha value is -1.09. The van der Waals surface area contributed by atoms with Gasteiger partial charge in [-0.2, -0.15) is 0 Å². The van der Waals surface area contributed by atoms with Crippen molar-refractivity contribution in [2.24, 2.45) is 11.8 Å². The van der Waals surface area contributed by atoms with Gasteiger partial charge >= 0.3 is 0 Å². The first-order valence-electron chi connectivity index (χ1n) is 7.18. The normalized spacial score (nSPS) is 37.8. The smallest absolute Gasteiger partial charge is 0.126 e. The van der Waals surface area contributed by atoms with E-state index in [1.807, 2.05) is 0 Å². The maximum absolute atomic E-state index is 13.3. The highest BCUT2D eigenvalue weighted by Crippen LogP contribution is 2.50. The number of hydrogen-bond acceptors (Lipinski definition) is 2. The van der Waals surface area contributed by atoms with Crippen LogP contribution in [0.4, 0.5) is 4.39 Å². The Kier molecular flexibility index (Phi) is 3.05. The molecule has 1 aromatic rings. The van der Waals surface area contributed by atoms with Crippen LogP contribution in [-0.4, -0.2) is 10.7 Å². The third kappa shape index (κ3) is 2.04. The number of benzene rings is 1. The summed E-state index contributed by atoms with van der Waals surface area (Å²) in [5, 5.41) is 10.4. The third-order valence-electron chi connectivity index (χ3n) is 5.13. The number of ether oxygens (including phenoxy) is 1. The maximum Gasteiger partial charge on any atom is 0.126 e. The van der Waals surface area contributed by atoms with E-state index in [2.05, 4.69) is 13.8 Å². The standard InChI is InChI=1S/C16H21FO2/c1-10-4-3-7-16(11(10)2)9-14(18)13-8-12(17)5-6-15(13)19-16/h5-6,8,10-11,14,18H,3-4,7,9H2,1-2H3/t10?,11?,14-,16?/m0/s1. The summed E-state index contributed by atoms with van der Waals surface area (Å²) < 4.78 is 19.5. The van der Waals surface area contributed by atoms with Gasteiger partial charge in [-0.25, -0.2) is 4.39 Å². The van der Waals surface area contributed by atoms with E-state index in [0.29, 0.717) is 29.6 Å². The number of fused-ring (bicyclic) bond motifs is 1. The van der Waals surface area contributed by atoms with Crippen LogP contribution in [0.15, 0.2) is 18.2 Å². The lowest BCUT2D eigenvalue weighted by Gasteiger charge is -2.49. The van der Waals surface area contributed by atoms with Gasteiger partial charge in [-0.05, 0) is 42.9 Å². The first-order chi connectivity index (χ1) is 9.02. The van der Waals surface area contributed by atoms with Crippen molar-refractivity contribution in [3.05, 3.63) is 29.6 Å². The lowest BCUT2D eigenvalue weighted by atomic mass is 9.67. The molecule has 1 aliphatic carbocycles. The van der Waals surface area contributed by atoms with Gasteiger partial charge in [0.25, 0.3) is 0 Å². The van der Waals surface area contributed by atoms with Crippen molar-refractivity contribution < 1.29 is 14.2 Å². The summed E-state index contributed by atoms with van der Waals surface area (Å²) in [7, 11) is 0. The fourth-order valence-electron chi connectivity index (χ4n) is 3.72. The summed E-state index contributed by atoms with van der Waals surface area (Å²) >= 11 is 0. The molecule has 1 spiro atoms. The molecular formula is C16H21FO2. The molecule has 1 aliphatic heterocycles. The highest BCUT2D eigenvalue weighted by Gasteiger charge is 2.48. The van der Waals surface area contributed by atoms with E-state index in [1.54, 1.807) is 6.07 Å². The zero-order valence-electron chi connectivity index (χ0n) is 11.5. The van der Waals surface area contributed by atoms with Crippen LogP contribution in [0.5, 0.6) is 5.75 Å². The van der Waals surface area contributed by atoms with Crippen LogP contribution in [0.1, 0.15) is 51.2 Å². The summed E-state index contributed by atoms with van der Waals surface area (Å²) in [6.45, 7) is 4.46. The Balaban J connectivity index is 1.98. The topological polar surface area (TPSA) is 29.5 Å². The molecule has 0 amide bonds. The first-order valence-corrected chi connectivity index (χ1v) is 7.18. The van der Waals surface area contributed by atoms with Crippen molar-refractivity contribution in [3.8, 4) is 5.75 Å². The molecule has 104 valence electrons. The molecule has 3 heteroatoms. The predicted octanol–water partition coefficient (Wildman–Crippen LogP) is 3.84. The molecule has 1 N–H and O–H groups in total. The Morgan fingerprint density at radius 2 is 2.16 bits per heavy atom. The van der Waals surface area contributed by atoms with E-state index in [-0.39, 0.29) is 11.4 Å². The SMILES string of the molecule is CC1CCCC2(C[C@H](O)c3cc(F)ccc3O2)C1C. The molecule has 1 saturated carbocycles. The van der Waals surface area contributed by atoms with Crippen LogP contribution in [0.25, 0.3) is 0 Å². The van der Waals surface area contributed by atoms with Crippen LogP contribution >= 0.6 is 0 Å². The summed E-state index contributed by atoms with van der Waals surface area (Å²) in [4.78, 5) is 0. The second-order valence-electron chi connectivity index (χ2n) is 6.23. The van der Waals surface area contributed by atoms with Gasteiger partial charge in [0.2, 0.25) is 0 Å². The molecule has 0 bridgehead atoms.